The highest BCUT2D eigenvalue weighted by molar-refractivity contribution is 8.25. The van der Waals surface area contributed by atoms with E-state index < -0.39 is 28.8 Å². The van der Waals surface area contributed by atoms with Gasteiger partial charge in [-0.1, -0.05) is 13.8 Å². The summed E-state index contributed by atoms with van der Waals surface area (Å²) < 4.78 is 42.7. The average Bonchev–Trinajstić information content (AvgIpc) is 1.85. The van der Waals surface area contributed by atoms with E-state index >= 15 is 0 Å². The Bertz CT molecular complexity index is 306. The second-order valence-corrected chi connectivity index (χ2v) is 8.08. The first-order valence-corrected chi connectivity index (χ1v) is 7.06. The topological polar surface area (TPSA) is 68.3 Å². The summed E-state index contributed by atoms with van der Waals surface area (Å²) in [5.74, 6) is 0. The summed E-state index contributed by atoms with van der Waals surface area (Å²) >= 11 is 0. The van der Waals surface area contributed by atoms with Crippen LogP contribution in [-0.2, 0) is 19.7 Å². The van der Waals surface area contributed by atoms with Gasteiger partial charge < -0.3 is 0 Å². The molecule has 0 aromatic rings. The fourth-order valence-electron chi connectivity index (χ4n) is 1.59. The van der Waals surface area contributed by atoms with Crippen molar-refractivity contribution in [1.82, 2.24) is 0 Å². The highest BCUT2D eigenvalue weighted by atomic mass is 32.3. The Morgan fingerprint density at radius 3 is 1.25 bits per heavy atom. The molecular weight excluding hydrogens is 200 g/mol. The molecule has 1 saturated heterocycles. The Morgan fingerprint density at radius 1 is 0.833 bits per heavy atom. The molecule has 4 nitrogen and oxygen atoms in total. The minimum Gasteiger partial charge on any atom is -0.226 e. The maximum absolute atomic E-state index is 11.2. The lowest BCUT2D eigenvalue weighted by molar-refractivity contribution is 0.541. The summed E-state index contributed by atoms with van der Waals surface area (Å²) in [6, 6.07) is 0. The Kier molecular flexibility index (Phi) is 2.24. The van der Waals surface area contributed by atoms with Crippen LogP contribution in [0.3, 0.4) is 0 Å². The minimum absolute atomic E-state index is 0.168. The van der Waals surface area contributed by atoms with E-state index in [0.29, 0.717) is 0 Å². The molecule has 0 spiro atoms. The molecule has 1 aliphatic rings. The average molecular weight is 212 g/mol. The van der Waals surface area contributed by atoms with E-state index in [9.17, 15) is 16.8 Å². The van der Waals surface area contributed by atoms with Gasteiger partial charge in [0.1, 0.15) is 0 Å². The number of hydrogen-bond acceptors (Lipinski definition) is 4. The number of hydrogen-bond donors (Lipinski definition) is 0. The van der Waals surface area contributed by atoms with Gasteiger partial charge >= 0.3 is 0 Å². The van der Waals surface area contributed by atoms with Crippen LogP contribution < -0.4 is 0 Å². The molecule has 72 valence electrons. The summed E-state index contributed by atoms with van der Waals surface area (Å²) in [5, 5.41) is 0. The van der Waals surface area contributed by atoms with Gasteiger partial charge in [0.15, 0.2) is 28.8 Å². The largest absolute Gasteiger partial charge is 0.226 e. The van der Waals surface area contributed by atoms with E-state index in [4.69, 9.17) is 0 Å². The van der Waals surface area contributed by atoms with Crippen molar-refractivity contribution in [3.05, 3.63) is 0 Å². The lowest BCUT2D eigenvalue weighted by Crippen LogP contribution is -2.55. The molecule has 0 aromatic carbocycles. The van der Waals surface area contributed by atoms with Crippen LogP contribution in [0.5, 0.6) is 0 Å². The van der Waals surface area contributed by atoms with Gasteiger partial charge in [-0.15, -0.1) is 0 Å². The maximum Gasteiger partial charge on any atom is 0.184 e. The van der Waals surface area contributed by atoms with Gasteiger partial charge in [-0.2, -0.15) is 0 Å². The van der Waals surface area contributed by atoms with Crippen LogP contribution in [-0.4, -0.2) is 26.0 Å². The van der Waals surface area contributed by atoms with E-state index in [-0.39, 0.29) is 12.8 Å². The predicted octanol–water partition coefficient (Wildman–Crippen LogP) is 0.302. The molecule has 1 heterocycles. The molecule has 0 saturated carbocycles. The fourth-order valence-corrected chi connectivity index (χ4v) is 7.90. The molecule has 1 aliphatic heterocycles. The molecule has 0 aliphatic carbocycles. The van der Waals surface area contributed by atoms with Gasteiger partial charge in [0.2, 0.25) is 0 Å². The monoisotopic (exact) mass is 212 g/mol. The van der Waals surface area contributed by atoms with Gasteiger partial charge in [-0.3, -0.25) is 0 Å². The second kappa shape index (κ2) is 2.70. The van der Waals surface area contributed by atoms with Crippen LogP contribution in [0.4, 0.5) is 0 Å². The number of rotatable bonds is 2. The van der Waals surface area contributed by atoms with Gasteiger partial charge in [0, 0.05) is 0 Å². The molecule has 0 bridgehead atoms. The third-order valence-corrected chi connectivity index (χ3v) is 9.62. The van der Waals surface area contributed by atoms with Gasteiger partial charge in [0.05, 0.1) is 0 Å². The van der Waals surface area contributed by atoms with E-state index in [1.54, 1.807) is 13.8 Å². The summed E-state index contributed by atoms with van der Waals surface area (Å²) in [6.45, 7) is 3.15. The smallest absolute Gasteiger partial charge is 0.184 e. The third-order valence-electron chi connectivity index (χ3n) is 2.13. The molecule has 1 rings (SSSR count). The SMILES string of the molecule is CCC1S(=O)(=O)C(CC)S1(=O)=O. The molecule has 0 amide bonds. The zero-order chi connectivity index (χ0) is 9.57. The maximum atomic E-state index is 11.2. The standard InChI is InChI=1S/C6H12O4S2/c1-3-5-11(7,8)6(4-2)12(5,9)10/h5-6H,3-4H2,1-2H3. The van der Waals surface area contributed by atoms with Gasteiger partial charge in [0.25, 0.3) is 0 Å². The lowest BCUT2D eigenvalue weighted by Gasteiger charge is -2.33. The number of sulfone groups is 2. The van der Waals surface area contributed by atoms with Crippen LogP contribution in [0, 0.1) is 0 Å². The zero-order valence-corrected chi connectivity index (χ0v) is 8.65. The molecule has 6 heteroatoms. The Labute approximate surface area is 72.8 Å². The Hall–Kier alpha value is -0.100. The van der Waals surface area contributed by atoms with Crippen LogP contribution in [0.2, 0.25) is 0 Å². The van der Waals surface area contributed by atoms with E-state index in [1.165, 1.54) is 0 Å². The normalized spacial score (nSPS) is 37.2. The predicted molar refractivity (Wildman–Crippen MR) is 46.0 cm³/mol. The van der Waals surface area contributed by atoms with Crippen molar-refractivity contribution in [3.63, 3.8) is 0 Å². The fraction of sp³-hybridized carbons (Fsp3) is 1.00. The first kappa shape index (κ1) is 9.98. The summed E-state index contributed by atoms with van der Waals surface area (Å²) in [5.41, 5.74) is 0. The third kappa shape index (κ3) is 1.01. The van der Waals surface area contributed by atoms with Gasteiger partial charge in [-0.05, 0) is 12.8 Å². The van der Waals surface area contributed by atoms with Crippen LogP contribution in [0.15, 0.2) is 0 Å². The molecular formula is C6H12O4S2. The molecule has 1 fully saturated rings. The highest BCUT2D eigenvalue weighted by Crippen LogP contribution is 2.37. The lowest BCUT2D eigenvalue weighted by atomic mass is 10.5. The van der Waals surface area contributed by atoms with Crippen LogP contribution in [0.1, 0.15) is 26.7 Å². The van der Waals surface area contributed by atoms with E-state index in [0.717, 1.165) is 0 Å². The van der Waals surface area contributed by atoms with Gasteiger partial charge in [-0.25, -0.2) is 16.8 Å². The summed E-state index contributed by atoms with van der Waals surface area (Å²) in [4.78, 5) is 0. The summed E-state index contributed by atoms with van der Waals surface area (Å²) in [7, 11) is -6.72. The van der Waals surface area contributed by atoms with Crippen molar-refractivity contribution in [3.8, 4) is 0 Å². The van der Waals surface area contributed by atoms with Crippen molar-refractivity contribution < 1.29 is 16.8 Å². The molecule has 12 heavy (non-hydrogen) atoms. The Balaban J connectivity index is 3.15. The molecule has 0 N–H and O–H groups in total. The summed E-state index contributed by atoms with van der Waals surface area (Å²) in [6.07, 6.45) is 0.336. The molecule has 0 atom stereocenters. The van der Waals surface area contributed by atoms with Crippen molar-refractivity contribution in [2.24, 2.45) is 0 Å². The van der Waals surface area contributed by atoms with Crippen molar-refractivity contribution >= 4 is 19.7 Å². The Morgan fingerprint density at radius 2 is 1.08 bits per heavy atom. The van der Waals surface area contributed by atoms with Crippen molar-refractivity contribution in [2.75, 3.05) is 0 Å². The van der Waals surface area contributed by atoms with Crippen molar-refractivity contribution in [2.45, 2.75) is 35.9 Å². The first-order valence-electron chi connectivity index (χ1n) is 3.84. The van der Waals surface area contributed by atoms with Crippen LogP contribution in [0.25, 0.3) is 0 Å². The molecule has 0 aromatic heterocycles. The molecule has 0 unspecified atom stereocenters. The van der Waals surface area contributed by atoms with Crippen molar-refractivity contribution in [1.29, 1.82) is 0 Å². The quantitative estimate of drug-likeness (QED) is 0.660. The van der Waals surface area contributed by atoms with E-state index in [1.807, 2.05) is 0 Å². The zero-order valence-electron chi connectivity index (χ0n) is 7.02. The first-order chi connectivity index (χ1) is 5.39. The van der Waals surface area contributed by atoms with Crippen LogP contribution >= 0.6 is 0 Å². The molecule has 0 radical (unpaired) electrons. The second-order valence-electron chi connectivity index (χ2n) is 2.85. The van der Waals surface area contributed by atoms with E-state index in [2.05, 4.69) is 0 Å². The highest BCUT2D eigenvalue weighted by Gasteiger charge is 2.58. The minimum atomic E-state index is -3.36.